The van der Waals surface area contributed by atoms with Crippen molar-refractivity contribution >= 4 is 17.9 Å². The molecule has 242 valence electrons. The maximum Gasteiger partial charge on any atom is 0.333 e. The van der Waals surface area contributed by atoms with E-state index in [1.54, 1.807) is 0 Å². The SMILES string of the molecule is C=C(C)C(=O)OCC(O)COC(CO)C(O)C(OCC(O)COC(=O)C(=C)C)C(CO)OCC(O)COC(=O)C(=C)C. The van der Waals surface area contributed by atoms with E-state index in [4.69, 9.17) is 28.4 Å². The Morgan fingerprint density at radius 2 is 0.857 bits per heavy atom. The summed E-state index contributed by atoms with van der Waals surface area (Å²) >= 11 is 0. The van der Waals surface area contributed by atoms with Crippen LogP contribution < -0.4 is 0 Å². The quantitative estimate of drug-likeness (QED) is 0.0416. The molecule has 7 unspecified atom stereocenters. The van der Waals surface area contributed by atoms with E-state index in [1.807, 2.05) is 0 Å². The molecular formula is C27H44O15. The highest BCUT2D eigenvalue weighted by Crippen LogP contribution is 2.16. The van der Waals surface area contributed by atoms with Crippen LogP contribution in [-0.4, -0.2) is 144 Å². The lowest BCUT2D eigenvalue weighted by Crippen LogP contribution is -2.52. The molecule has 7 atom stereocenters. The van der Waals surface area contributed by atoms with Gasteiger partial charge in [0.05, 0.1) is 33.0 Å². The minimum atomic E-state index is -1.76. The van der Waals surface area contributed by atoms with Gasteiger partial charge in [0.25, 0.3) is 0 Å². The summed E-state index contributed by atoms with van der Waals surface area (Å²) in [6, 6.07) is 0. The third kappa shape index (κ3) is 16.1. The molecule has 0 aliphatic heterocycles. The predicted octanol–water partition coefficient (Wildman–Crippen LogP) is -2.07. The third-order valence-electron chi connectivity index (χ3n) is 5.20. The van der Waals surface area contributed by atoms with E-state index < -0.39 is 113 Å². The largest absolute Gasteiger partial charge is 0.460 e. The van der Waals surface area contributed by atoms with Gasteiger partial charge in [-0.25, -0.2) is 14.4 Å². The number of carbonyl (C=O) groups is 3. The van der Waals surface area contributed by atoms with Crippen molar-refractivity contribution in [2.24, 2.45) is 0 Å². The number of hydrogen-bond donors (Lipinski definition) is 6. The first kappa shape index (κ1) is 39.3. The number of aliphatic hydroxyl groups excluding tert-OH is 6. The summed E-state index contributed by atoms with van der Waals surface area (Å²) in [4.78, 5) is 34.6. The van der Waals surface area contributed by atoms with Crippen molar-refractivity contribution in [3.05, 3.63) is 36.5 Å². The Morgan fingerprint density at radius 3 is 1.17 bits per heavy atom. The van der Waals surface area contributed by atoms with Crippen molar-refractivity contribution in [1.29, 1.82) is 0 Å². The van der Waals surface area contributed by atoms with Crippen LogP contribution in [0.25, 0.3) is 0 Å². The van der Waals surface area contributed by atoms with Crippen molar-refractivity contribution in [3.63, 3.8) is 0 Å². The van der Waals surface area contributed by atoms with Crippen LogP contribution in [0.4, 0.5) is 0 Å². The van der Waals surface area contributed by atoms with E-state index in [0.717, 1.165) is 0 Å². The smallest absolute Gasteiger partial charge is 0.333 e. The van der Waals surface area contributed by atoms with Gasteiger partial charge in [0, 0.05) is 16.7 Å². The molecule has 0 aromatic heterocycles. The zero-order chi connectivity index (χ0) is 32.4. The maximum atomic E-state index is 11.6. The molecule has 0 aliphatic rings. The van der Waals surface area contributed by atoms with Crippen molar-refractivity contribution in [2.45, 2.75) is 63.5 Å². The summed E-state index contributed by atoms with van der Waals surface area (Å²) in [5.74, 6) is -2.25. The highest BCUT2D eigenvalue weighted by Gasteiger charge is 2.37. The molecule has 0 aromatic rings. The topological polar surface area (TPSA) is 228 Å². The molecular weight excluding hydrogens is 564 g/mol. The third-order valence-corrected chi connectivity index (χ3v) is 5.20. The number of hydrogen-bond acceptors (Lipinski definition) is 15. The fourth-order valence-electron chi connectivity index (χ4n) is 2.87. The molecule has 0 saturated heterocycles. The first-order valence-electron chi connectivity index (χ1n) is 12.9. The van der Waals surface area contributed by atoms with Gasteiger partial charge in [-0.1, -0.05) is 19.7 Å². The van der Waals surface area contributed by atoms with Crippen molar-refractivity contribution in [2.75, 3.05) is 52.9 Å². The molecule has 0 fully saturated rings. The van der Waals surface area contributed by atoms with Gasteiger partial charge in [-0.2, -0.15) is 0 Å². The molecule has 0 heterocycles. The second-order valence-electron chi connectivity index (χ2n) is 9.50. The summed E-state index contributed by atoms with van der Waals surface area (Å²) in [6.07, 6.45) is -10.2. The molecule has 0 aromatic carbocycles. The molecule has 0 saturated carbocycles. The van der Waals surface area contributed by atoms with E-state index >= 15 is 0 Å². The zero-order valence-electron chi connectivity index (χ0n) is 24.2. The molecule has 42 heavy (non-hydrogen) atoms. The summed E-state index contributed by atoms with van der Waals surface area (Å²) < 4.78 is 30.9. The number of esters is 3. The van der Waals surface area contributed by atoms with Crippen LogP contribution in [0.3, 0.4) is 0 Å². The summed E-state index contributed by atoms with van der Waals surface area (Å²) in [5.41, 5.74) is 0.309. The Labute approximate surface area is 244 Å². The van der Waals surface area contributed by atoms with Crippen LogP contribution in [-0.2, 0) is 42.8 Å². The molecule has 0 radical (unpaired) electrons. The summed E-state index contributed by atoms with van der Waals surface area (Å²) in [7, 11) is 0. The number of rotatable bonds is 23. The predicted molar refractivity (Wildman–Crippen MR) is 145 cm³/mol. The Bertz CT molecular complexity index is 889. The Hall–Kier alpha value is -2.73. The molecule has 0 spiro atoms. The normalized spacial score (nSPS) is 16.2. The van der Waals surface area contributed by atoms with Crippen molar-refractivity contribution in [1.82, 2.24) is 0 Å². The van der Waals surface area contributed by atoms with Gasteiger partial charge in [0.1, 0.15) is 62.5 Å². The van der Waals surface area contributed by atoms with E-state index in [1.165, 1.54) is 20.8 Å². The van der Waals surface area contributed by atoms with Gasteiger partial charge in [0.2, 0.25) is 0 Å². The Balaban J connectivity index is 5.47. The first-order valence-corrected chi connectivity index (χ1v) is 12.9. The number of ether oxygens (including phenoxy) is 6. The van der Waals surface area contributed by atoms with E-state index in [2.05, 4.69) is 19.7 Å². The van der Waals surface area contributed by atoms with E-state index in [-0.39, 0.29) is 16.7 Å². The van der Waals surface area contributed by atoms with Crippen LogP contribution in [0.5, 0.6) is 0 Å². The fourth-order valence-corrected chi connectivity index (χ4v) is 2.87. The number of aliphatic hydroxyl groups is 6. The maximum absolute atomic E-state index is 11.6. The minimum absolute atomic E-state index is 0.0946. The molecule has 6 N–H and O–H groups in total. The molecule has 15 nitrogen and oxygen atoms in total. The fraction of sp³-hybridized carbons (Fsp3) is 0.667. The Kier molecular flexibility index (Phi) is 19.7. The molecule has 0 rings (SSSR count). The van der Waals surface area contributed by atoms with Crippen LogP contribution >= 0.6 is 0 Å². The average molecular weight is 609 g/mol. The molecule has 15 heteroatoms. The van der Waals surface area contributed by atoms with Crippen LogP contribution in [0, 0.1) is 0 Å². The van der Waals surface area contributed by atoms with E-state index in [9.17, 15) is 45.0 Å². The van der Waals surface area contributed by atoms with Gasteiger partial charge < -0.3 is 59.1 Å². The number of carbonyl (C=O) groups excluding carboxylic acids is 3. The minimum Gasteiger partial charge on any atom is -0.460 e. The van der Waals surface area contributed by atoms with Crippen LogP contribution in [0.15, 0.2) is 36.5 Å². The monoisotopic (exact) mass is 608 g/mol. The zero-order valence-corrected chi connectivity index (χ0v) is 24.2. The van der Waals surface area contributed by atoms with Crippen LogP contribution in [0.1, 0.15) is 20.8 Å². The Morgan fingerprint density at radius 1 is 0.548 bits per heavy atom. The standard InChI is InChI=1S/C27H44O15/c1-15(2)25(34)40-12-18(30)9-37-21(7-28)23(33)24(39-11-20(32)14-42-27(36)17(5)6)22(8-29)38-10-19(31)13-41-26(35)16(3)4/h18-24,28-33H,1,3,5,7-14H2,2,4,6H3. The lowest BCUT2D eigenvalue weighted by Gasteiger charge is -2.34. The first-order chi connectivity index (χ1) is 19.6. The lowest BCUT2D eigenvalue weighted by atomic mass is 10.0. The summed E-state index contributed by atoms with van der Waals surface area (Å²) in [5, 5.41) is 61.1. The lowest BCUT2D eigenvalue weighted by molar-refractivity contribution is -0.194. The molecule has 0 aliphatic carbocycles. The van der Waals surface area contributed by atoms with Gasteiger partial charge >= 0.3 is 17.9 Å². The van der Waals surface area contributed by atoms with E-state index in [0.29, 0.717) is 0 Å². The average Bonchev–Trinajstić information content (AvgIpc) is 2.94. The van der Waals surface area contributed by atoms with Crippen molar-refractivity contribution in [3.8, 4) is 0 Å². The summed E-state index contributed by atoms with van der Waals surface area (Å²) in [6.45, 7) is 9.87. The highest BCUT2D eigenvalue weighted by molar-refractivity contribution is 5.87. The van der Waals surface area contributed by atoms with Gasteiger partial charge in [0.15, 0.2) is 0 Å². The van der Waals surface area contributed by atoms with Gasteiger partial charge in [-0.3, -0.25) is 0 Å². The van der Waals surface area contributed by atoms with Crippen molar-refractivity contribution < 1.29 is 73.4 Å². The van der Waals surface area contributed by atoms with Gasteiger partial charge in [-0.15, -0.1) is 0 Å². The molecule has 0 bridgehead atoms. The highest BCUT2D eigenvalue weighted by atomic mass is 16.6. The second kappa shape index (κ2) is 21.0. The second-order valence-corrected chi connectivity index (χ2v) is 9.50. The van der Waals surface area contributed by atoms with Gasteiger partial charge in [-0.05, 0) is 20.8 Å². The van der Waals surface area contributed by atoms with Crippen LogP contribution in [0.2, 0.25) is 0 Å². The molecule has 0 amide bonds.